The fourth-order valence-corrected chi connectivity index (χ4v) is 4.04. The monoisotopic (exact) mass is 404 g/mol. The van der Waals surface area contributed by atoms with Crippen LogP contribution in [0.1, 0.15) is 17.2 Å². The number of hydrogen-bond acceptors (Lipinski definition) is 3. The van der Waals surface area contributed by atoms with E-state index in [4.69, 9.17) is 9.47 Å². The lowest BCUT2D eigenvalue weighted by Crippen LogP contribution is -2.21. The minimum Gasteiger partial charge on any atom is -0.493 e. The number of aromatic nitrogens is 1. The van der Waals surface area contributed by atoms with E-state index in [2.05, 4.69) is 42.2 Å². The van der Waals surface area contributed by atoms with E-state index in [1.165, 1.54) is 12.1 Å². The highest BCUT2D eigenvalue weighted by Gasteiger charge is 2.26. The molecule has 0 saturated heterocycles. The molecule has 4 rings (SSSR count). The first-order valence-corrected chi connectivity index (χ1v) is 9.78. The van der Waals surface area contributed by atoms with Crippen molar-refractivity contribution in [1.29, 1.82) is 0 Å². The second-order valence-electron chi connectivity index (χ2n) is 7.45. The van der Waals surface area contributed by atoms with Crippen molar-refractivity contribution in [3.8, 4) is 22.8 Å². The van der Waals surface area contributed by atoms with Crippen LogP contribution in [0, 0.1) is 5.82 Å². The van der Waals surface area contributed by atoms with Gasteiger partial charge in [-0.15, -0.1) is 0 Å². The number of hydrogen-bond donors (Lipinski definition) is 1. The Morgan fingerprint density at radius 2 is 1.57 bits per heavy atom. The Kier molecular flexibility index (Phi) is 5.46. The molecule has 0 fully saturated rings. The molecule has 1 N–H and O–H groups in total. The number of H-pyrrole nitrogens is 1. The highest BCUT2D eigenvalue weighted by molar-refractivity contribution is 5.92. The van der Waals surface area contributed by atoms with Crippen LogP contribution < -0.4 is 9.47 Å². The summed E-state index contributed by atoms with van der Waals surface area (Å²) in [4.78, 5) is 5.72. The molecule has 1 atom stereocenters. The molecule has 0 aliphatic carbocycles. The van der Waals surface area contributed by atoms with E-state index in [9.17, 15) is 4.39 Å². The lowest BCUT2D eigenvalue weighted by Gasteiger charge is -2.27. The summed E-state index contributed by atoms with van der Waals surface area (Å²) in [7, 11) is 7.38. The van der Waals surface area contributed by atoms with Crippen LogP contribution >= 0.6 is 0 Å². The second kappa shape index (κ2) is 8.20. The van der Waals surface area contributed by atoms with Crippen LogP contribution in [-0.4, -0.2) is 38.2 Å². The van der Waals surface area contributed by atoms with Gasteiger partial charge in [-0.2, -0.15) is 0 Å². The van der Waals surface area contributed by atoms with Crippen LogP contribution in [0.15, 0.2) is 66.7 Å². The quantitative estimate of drug-likeness (QED) is 0.452. The molecular weight excluding hydrogens is 379 g/mol. The summed E-state index contributed by atoms with van der Waals surface area (Å²) in [6.45, 7) is 0. The fourth-order valence-electron chi connectivity index (χ4n) is 4.04. The van der Waals surface area contributed by atoms with Crippen molar-refractivity contribution in [2.75, 3.05) is 28.3 Å². The minimum absolute atomic E-state index is 0.0546. The molecule has 5 heteroatoms. The molecule has 0 saturated carbocycles. The maximum absolute atomic E-state index is 13.6. The summed E-state index contributed by atoms with van der Waals surface area (Å²) in [5, 5.41) is 1.13. The van der Waals surface area contributed by atoms with E-state index in [1.807, 2.05) is 36.4 Å². The number of halogens is 1. The average Bonchev–Trinajstić information content (AvgIpc) is 3.13. The number of aromatic amines is 1. The molecule has 0 spiro atoms. The van der Waals surface area contributed by atoms with E-state index in [0.29, 0.717) is 11.5 Å². The van der Waals surface area contributed by atoms with Crippen molar-refractivity contribution in [1.82, 2.24) is 9.88 Å². The first kappa shape index (κ1) is 20.0. The van der Waals surface area contributed by atoms with Gasteiger partial charge in [-0.1, -0.05) is 24.3 Å². The largest absolute Gasteiger partial charge is 0.493 e. The molecule has 0 aliphatic heterocycles. The maximum atomic E-state index is 13.6. The van der Waals surface area contributed by atoms with Crippen molar-refractivity contribution >= 4 is 10.9 Å². The Balaban J connectivity index is 1.97. The Bertz CT molecular complexity index is 1170. The zero-order chi connectivity index (χ0) is 21.3. The van der Waals surface area contributed by atoms with Gasteiger partial charge in [-0.3, -0.25) is 4.90 Å². The second-order valence-corrected chi connectivity index (χ2v) is 7.45. The van der Waals surface area contributed by atoms with Crippen molar-refractivity contribution in [3.05, 3.63) is 83.7 Å². The van der Waals surface area contributed by atoms with Gasteiger partial charge in [-0.05, 0) is 67.7 Å². The molecule has 0 radical (unpaired) electrons. The van der Waals surface area contributed by atoms with Gasteiger partial charge in [0.1, 0.15) is 5.82 Å². The van der Waals surface area contributed by atoms with Crippen LogP contribution in [0.5, 0.6) is 11.5 Å². The predicted octanol–water partition coefficient (Wildman–Crippen LogP) is 5.64. The Morgan fingerprint density at radius 3 is 2.23 bits per heavy atom. The molecule has 4 aromatic rings. The third kappa shape index (κ3) is 3.53. The average molecular weight is 404 g/mol. The van der Waals surface area contributed by atoms with Crippen molar-refractivity contribution < 1.29 is 13.9 Å². The molecule has 1 unspecified atom stereocenters. The summed E-state index contributed by atoms with van der Waals surface area (Å²) >= 11 is 0. The summed E-state index contributed by atoms with van der Waals surface area (Å²) in [6, 6.07) is 20.8. The number of rotatable bonds is 6. The number of benzene rings is 3. The number of nitrogens with one attached hydrogen (secondary N) is 1. The summed E-state index contributed by atoms with van der Waals surface area (Å²) in [5.74, 6) is 1.13. The first-order valence-electron chi connectivity index (χ1n) is 9.78. The predicted molar refractivity (Wildman–Crippen MR) is 119 cm³/mol. The molecule has 30 heavy (non-hydrogen) atoms. The molecule has 0 bridgehead atoms. The Labute approximate surface area is 175 Å². The topological polar surface area (TPSA) is 37.5 Å². The van der Waals surface area contributed by atoms with E-state index < -0.39 is 0 Å². The van der Waals surface area contributed by atoms with Crippen molar-refractivity contribution in [2.24, 2.45) is 0 Å². The van der Waals surface area contributed by atoms with Gasteiger partial charge < -0.3 is 14.5 Å². The van der Waals surface area contributed by atoms with E-state index in [-0.39, 0.29) is 11.9 Å². The third-order valence-electron chi connectivity index (χ3n) is 5.39. The Morgan fingerprint density at radius 1 is 0.867 bits per heavy atom. The van der Waals surface area contributed by atoms with Crippen LogP contribution in [0.4, 0.5) is 4.39 Å². The van der Waals surface area contributed by atoms with Crippen molar-refractivity contribution in [3.63, 3.8) is 0 Å². The molecule has 154 valence electrons. The van der Waals surface area contributed by atoms with E-state index in [0.717, 1.165) is 33.3 Å². The zero-order valence-corrected chi connectivity index (χ0v) is 17.6. The molecule has 1 aromatic heterocycles. The summed E-state index contributed by atoms with van der Waals surface area (Å²) in [6.07, 6.45) is 0. The van der Waals surface area contributed by atoms with Gasteiger partial charge in [-0.25, -0.2) is 4.39 Å². The maximum Gasteiger partial charge on any atom is 0.161 e. The highest BCUT2D eigenvalue weighted by Crippen LogP contribution is 2.41. The SMILES string of the molecule is COc1ccc(C(c2c(-c3ccc(F)cc3)[nH]c3ccccc23)N(C)C)cc1OC. The summed E-state index contributed by atoms with van der Waals surface area (Å²) < 4.78 is 24.5. The first-order chi connectivity index (χ1) is 14.5. The van der Waals surface area contributed by atoms with E-state index >= 15 is 0 Å². The number of nitrogens with zero attached hydrogens (tertiary/aromatic N) is 1. The van der Waals surface area contributed by atoms with Gasteiger partial charge in [0.15, 0.2) is 11.5 Å². The van der Waals surface area contributed by atoms with Gasteiger partial charge in [0.2, 0.25) is 0 Å². The lowest BCUT2D eigenvalue weighted by atomic mass is 9.92. The lowest BCUT2D eigenvalue weighted by molar-refractivity contribution is 0.336. The number of para-hydroxylation sites is 1. The zero-order valence-electron chi connectivity index (χ0n) is 17.6. The number of ether oxygens (including phenoxy) is 2. The molecule has 0 amide bonds. The molecule has 3 aromatic carbocycles. The fraction of sp³-hybridized carbons (Fsp3) is 0.200. The van der Waals surface area contributed by atoms with Crippen molar-refractivity contribution in [2.45, 2.75) is 6.04 Å². The standard InChI is InChI=1S/C25H25FN2O2/c1-28(2)25(17-11-14-21(29-3)22(15-17)30-4)23-19-7-5-6-8-20(19)27-24(23)16-9-12-18(26)13-10-16/h5-15,25,27H,1-4H3. The number of methoxy groups -OCH3 is 2. The number of fused-ring (bicyclic) bond motifs is 1. The van der Waals surface area contributed by atoms with Gasteiger partial charge in [0.05, 0.1) is 26.0 Å². The molecular formula is C25H25FN2O2. The molecule has 1 heterocycles. The molecule has 4 nitrogen and oxygen atoms in total. The normalized spacial score (nSPS) is 12.3. The van der Waals surface area contributed by atoms with Gasteiger partial charge in [0, 0.05) is 16.5 Å². The van der Waals surface area contributed by atoms with E-state index in [1.54, 1.807) is 14.2 Å². The van der Waals surface area contributed by atoms with Crippen LogP contribution in [-0.2, 0) is 0 Å². The van der Waals surface area contributed by atoms with Crippen LogP contribution in [0.2, 0.25) is 0 Å². The van der Waals surface area contributed by atoms with Gasteiger partial charge >= 0.3 is 0 Å². The smallest absolute Gasteiger partial charge is 0.161 e. The Hall–Kier alpha value is -3.31. The molecule has 0 aliphatic rings. The van der Waals surface area contributed by atoms with Crippen LogP contribution in [0.25, 0.3) is 22.2 Å². The van der Waals surface area contributed by atoms with Crippen LogP contribution in [0.3, 0.4) is 0 Å². The minimum atomic E-state index is -0.250. The highest BCUT2D eigenvalue weighted by atomic mass is 19.1. The summed E-state index contributed by atoms with van der Waals surface area (Å²) in [5.41, 5.74) is 5.17. The third-order valence-corrected chi connectivity index (χ3v) is 5.39. The van der Waals surface area contributed by atoms with Gasteiger partial charge in [0.25, 0.3) is 0 Å².